The first kappa shape index (κ1) is 17.7. The maximum Gasteiger partial charge on any atom is 0.151 e. The summed E-state index contributed by atoms with van der Waals surface area (Å²) >= 11 is 0. The number of para-hydroxylation sites is 2. The Bertz CT molecular complexity index is 668. The Morgan fingerprint density at radius 1 is 1.30 bits per heavy atom. The molecule has 1 heterocycles. The van der Waals surface area contributed by atoms with Gasteiger partial charge in [-0.1, -0.05) is 32.9 Å². The highest BCUT2D eigenvalue weighted by Gasteiger charge is 2.16. The van der Waals surface area contributed by atoms with Gasteiger partial charge in [-0.25, -0.2) is 9.67 Å². The molecule has 1 aromatic carbocycles. The monoisotopic (exact) mass is 335 g/mol. The van der Waals surface area contributed by atoms with Crippen molar-refractivity contribution in [2.75, 3.05) is 18.6 Å². The van der Waals surface area contributed by atoms with Crippen LogP contribution >= 0.6 is 0 Å². The highest BCUT2D eigenvalue weighted by atomic mass is 32.2. The van der Waals surface area contributed by atoms with Crippen LogP contribution in [-0.4, -0.2) is 37.6 Å². The minimum absolute atomic E-state index is 0.487. The maximum absolute atomic E-state index is 11.8. The van der Waals surface area contributed by atoms with Crippen molar-refractivity contribution in [3.8, 4) is 11.4 Å². The van der Waals surface area contributed by atoms with Crippen LogP contribution in [0.2, 0.25) is 0 Å². The number of aryl methyl sites for hydroxylation is 1. The Hall–Kier alpha value is -1.69. The number of aromatic nitrogens is 3. The molecule has 0 unspecified atom stereocenters. The molecule has 0 saturated heterocycles. The van der Waals surface area contributed by atoms with Crippen LogP contribution in [0.1, 0.15) is 32.4 Å². The summed E-state index contributed by atoms with van der Waals surface area (Å²) in [6.45, 7) is 6.23. The standard InChI is InChI=1S/C17H25N3O2S/c1-5-23(21)11-10-17-18-16(12-13(2)3)19-20(17)14-8-6-7-9-15(14)22-4/h6-9,13H,5,10-12H2,1-4H3/t23-/m1/s1. The van der Waals surface area contributed by atoms with E-state index >= 15 is 0 Å². The zero-order valence-electron chi connectivity index (χ0n) is 14.3. The highest BCUT2D eigenvalue weighted by molar-refractivity contribution is 7.84. The van der Waals surface area contributed by atoms with E-state index < -0.39 is 10.8 Å². The molecule has 0 spiro atoms. The van der Waals surface area contributed by atoms with Crippen molar-refractivity contribution >= 4 is 10.8 Å². The molecule has 0 radical (unpaired) electrons. The van der Waals surface area contributed by atoms with Crippen molar-refractivity contribution in [1.29, 1.82) is 0 Å². The summed E-state index contributed by atoms with van der Waals surface area (Å²) in [5.41, 5.74) is 0.870. The number of nitrogens with zero attached hydrogens (tertiary/aromatic N) is 3. The van der Waals surface area contributed by atoms with Gasteiger partial charge in [-0.15, -0.1) is 0 Å². The Labute approximate surface area is 140 Å². The quantitative estimate of drug-likeness (QED) is 0.744. The van der Waals surface area contributed by atoms with E-state index in [0.29, 0.717) is 23.8 Å². The number of benzene rings is 1. The van der Waals surface area contributed by atoms with Gasteiger partial charge >= 0.3 is 0 Å². The lowest BCUT2D eigenvalue weighted by Crippen LogP contribution is -2.10. The molecule has 0 aliphatic carbocycles. The second kappa shape index (κ2) is 8.24. The minimum atomic E-state index is -0.813. The summed E-state index contributed by atoms with van der Waals surface area (Å²) in [5.74, 6) is 4.18. The number of ether oxygens (including phenoxy) is 1. The molecule has 2 aromatic rings. The first-order valence-electron chi connectivity index (χ1n) is 7.98. The van der Waals surface area contributed by atoms with Crippen LogP contribution < -0.4 is 4.74 Å². The van der Waals surface area contributed by atoms with E-state index in [9.17, 15) is 4.21 Å². The molecule has 0 saturated carbocycles. The summed E-state index contributed by atoms with van der Waals surface area (Å²) in [6.07, 6.45) is 1.47. The number of methoxy groups -OCH3 is 1. The van der Waals surface area contributed by atoms with E-state index in [1.807, 2.05) is 35.9 Å². The molecule has 6 heteroatoms. The lowest BCUT2D eigenvalue weighted by Gasteiger charge is -2.10. The molecule has 0 bridgehead atoms. The van der Waals surface area contributed by atoms with Crippen LogP contribution in [0.5, 0.6) is 5.75 Å². The molecular weight excluding hydrogens is 310 g/mol. The van der Waals surface area contributed by atoms with Crippen LogP contribution in [0.15, 0.2) is 24.3 Å². The molecule has 2 rings (SSSR count). The van der Waals surface area contributed by atoms with E-state index in [0.717, 1.165) is 29.5 Å². The van der Waals surface area contributed by atoms with Crippen molar-refractivity contribution in [1.82, 2.24) is 14.8 Å². The first-order valence-corrected chi connectivity index (χ1v) is 9.47. The van der Waals surface area contributed by atoms with Gasteiger partial charge in [0.15, 0.2) is 5.82 Å². The van der Waals surface area contributed by atoms with E-state index in [-0.39, 0.29) is 0 Å². The Morgan fingerprint density at radius 2 is 2.04 bits per heavy atom. The topological polar surface area (TPSA) is 57.0 Å². The molecule has 0 aliphatic heterocycles. The zero-order valence-corrected chi connectivity index (χ0v) is 15.1. The predicted molar refractivity (Wildman–Crippen MR) is 93.7 cm³/mol. The average Bonchev–Trinajstić information content (AvgIpc) is 2.94. The second-order valence-electron chi connectivity index (χ2n) is 5.81. The van der Waals surface area contributed by atoms with Crippen LogP contribution in [-0.2, 0) is 23.6 Å². The van der Waals surface area contributed by atoms with Crippen molar-refractivity contribution in [3.63, 3.8) is 0 Å². The summed E-state index contributed by atoms with van der Waals surface area (Å²) in [5, 5.41) is 4.66. The van der Waals surface area contributed by atoms with Gasteiger partial charge in [0, 0.05) is 35.1 Å². The van der Waals surface area contributed by atoms with Gasteiger partial charge in [0.2, 0.25) is 0 Å². The van der Waals surface area contributed by atoms with E-state index in [4.69, 9.17) is 4.74 Å². The van der Waals surface area contributed by atoms with Crippen LogP contribution in [0.4, 0.5) is 0 Å². The van der Waals surface area contributed by atoms with Gasteiger partial charge in [-0.2, -0.15) is 5.10 Å². The van der Waals surface area contributed by atoms with Crippen molar-refractivity contribution in [2.45, 2.75) is 33.6 Å². The van der Waals surface area contributed by atoms with Crippen LogP contribution in [0.3, 0.4) is 0 Å². The van der Waals surface area contributed by atoms with Gasteiger partial charge in [0.25, 0.3) is 0 Å². The Morgan fingerprint density at radius 3 is 2.70 bits per heavy atom. The van der Waals surface area contributed by atoms with Gasteiger partial charge < -0.3 is 4.74 Å². The second-order valence-corrected chi connectivity index (χ2v) is 7.67. The van der Waals surface area contributed by atoms with Gasteiger partial charge in [0.05, 0.1) is 7.11 Å². The Balaban J connectivity index is 2.38. The third kappa shape index (κ3) is 4.64. The first-order chi connectivity index (χ1) is 11.0. The van der Waals surface area contributed by atoms with Crippen molar-refractivity contribution in [3.05, 3.63) is 35.9 Å². The van der Waals surface area contributed by atoms with E-state index in [2.05, 4.69) is 23.9 Å². The molecule has 1 atom stereocenters. The Kier molecular flexibility index (Phi) is 6.33. The molecular formula is C17H25N3O2S. The van der Waals surface area contributed by atoms with E-state index in [1.54, 1.807) is 7.11 Å². The number of hydrogen-bond acceptors (Lipinski definition) is 4. The average molecular weight is 335 g/mol. The fourth-order valence-corrected chi connectivity index (χ4v) is 3.05. The van der Waals surface area contributed by atoms with Gasteiger partial charge in [-0.05, 0) is 18.1 Å². The van der Waals surface area contributed by atoms with Crippen LogP contribution in [0.25, 0.3) is 5.69 Å². The van der Waals surface area contributed by atoms with Gasteiger partial charge in [0.1, 0.15) is 17.3 Å². The van der Waals surface area contributed by atoms with E-state index in [1.165, 1.54) is 0 Å². The molecule has 23 heavy (non-hydrogen) atoms. The minimum Gasteiger partial charge on any atom is -0.494 e. The van der Waals surface area contributed by atoms with Gasteiger partial charge in [-0.3, -0.25) is 4.21 Å². The molecule has 0 aliphatic rings. The summed E-state index contributed by atoms with van der Waals surface area (Å²) < 4.78 is 19.0. The largest absolute Gasteiger partial charge is 0.494 e. The molecule has 126 valence electrons. The summed E-state index contributed by atoms with van der Waals surface area (Å²) in [4.78, 5) is 4.67. The highest BCUT2D eigenvalue weighted by Crippen LogP contribution is 2.23. The normalized spacial score (nSPS) is 12.6. The smallest absolute Gasteiger partial charge is 0.151 e. The molecule has 5 nitrogen and oxygen atoms in total. The lowest BCUT2D eigenvalue weighted by atomic mass is 10.1. The van der Waals surface area contributed by atoms with Crippen molar-refractivity contribution < 1.29 is 8.95 Å². The molecule has 0 fully saturated rings. The predicted octanol–water partition coefficient (Wildman–Crippen LogP) is 2.79. The maximum atomic E-state index is 11.8. The van der Waals surface area contributed by atoms with Crippen LogP contribution in [0, 0.1) is 5.92 Å². The third-order valence-electron chi connectivity index (χ3n) is 3.50. The third-order valence-corrected chi connectivity index (χ3v) is 4.80. The number of rotatable bonds is 8. The zero-order chi connectivity index (χ0) is 16.8. The lowest BCUT2D eigenvalue weighted by molar-refractivity contribution is 0.411. The fourth-order valence-electron chi connectivity index (χ4n) is 2.35. The molecule has 1 aromatic heterocycles. The number of hydrogen-bond donors (Lipinski definition) is 0. The summed E-state index contributed by atoms with van der Waals surface area (Å²) in [7, 11) is 0.836. The fraction of sp³-hybridized carbons (Fsp3) is 0.529. The SMILES string of the molecule is CC[S@@](=O)CCc1nc(CC(C)C)nn1-c1ccccc1OC. The molecule has 0 N–H and O–H groups in total. The molecule has 0 amide bonds. The summed E-state index contributed by atoms with van der Waals surface area (Å²) in [6, 6.07) is 7.76. The van der Waals surface area contributed by atoms with Crippen molar-refractivity contribution in [2.24, 2.45) is 5.92 Å².